The zero-order valence-corrected chi connectivity index (χ0v) is 14.4. The summed E-state index contributed by atoms with van der Waals surface area (Å²) in [7, 11) is 1.68. The Morgan fingerprint density at radius 2 is 2.00 bits per heavy atom. The van der Waals surface area contributed by atoms with Gasteiger partial charge in [0.2, 0.25) is 0 Å². The summed E-state index contributed by atoms with van der Waals surface area (Å²) in [4.78, 5) is 4.87. The number of aliphatic hydroxyl groups excluding tert-OH is 1. The van der Waals surface area contributed by atoms with Crippen LogP contribution >= 0.6 is 0 Å². The molecule has 1 aromatic rings. The first kappa shape index (κ1) is 17.4. The highest BCUT2D eigenvalue weighted by atomic mass is 16.5. The van der Waals surface area contributed by atoms with Gasteiger partial charge in [0.05, 0.1) is 32.5 Å². The molecule has 1 aromatic carbocycles. The molecule has 1 N–H and O–H groups in total. The summed E-state index contributed by atoms with van der Waals surface area (Å²) in [5.41, 5.74) is 1.19. The number of ether oxygens (including phenoxy) is 2. The van der Waals surface area contributed by atoms with Gasteiger partial charge >= 0.3 is 0 Å². The average molecular weight is 332 g/mol. The molecule has 132 valence electrons. The first-order valence-electron chi connectivity index (χ1n) is 8.79. The lowest BCUT2D eigenvalue weighted by molar-refractivity contribution is 0.0841. The van der Waals surface area contributed by atoms with E-state index in [4.69, 9.17) is 9.47 Å². The van der Waals surface area contributed by atoms with Gasteiger partial charge in [0.1, 0.15) is 5.75 Å². The number of methoxy groups -OCH3 is 1. The fourth-order valence-electron chi connectivity index (χ4n) is 3.44. The van der Waals surface area contributed by atoms with Crippen molar-refractivity contribution in [3.05, 3.63) is 35.9 Å². The number of aliphatic hydroxyl groups is 1. The van der Waals surface area contributed by atoms with E-state index in [0.29, 0.717) is 13.2 Å². The molecule has 3 rings (SSSR count). The summed E-state index contributed by atoms with van der Waals surface area (Å²) in [5.74, 6) is 0.887. The lowest BCUT2D eigenvalue weighted by Gasteiger charge is -2.28. The van der Waals surface area contributed by atoms with Gasteiger partial charge in [0.25, 0.3) is 0 Å². The maximum absolute atomic E-state index is 10.0. The van der Waals surface area contributed by atoms with E-state index < -0.39 is 0 Å². The maximum Gasteiger partial charge on any atom is 0.118 e. The average Bonchev–Trinajstić information content (AvgIpc) is 2.90. The van der Waals surface area contributed by atoms with Crippen LogP contribution in [0.25, 0.3) is 6.08 Å². The van der Waals surface area contributed by atoms with Crippen LogP contribution in [0.15, 0.2) is 30.3 Å². The number of rotatable bonds is 5. The second kappa shape index (κ2) is 8.62. The Labute approximate surface area is 144 Å². The molecule has 0 amide bonds. The lowest BCUT2D eigenvalue weighted by Crippen LogP contribution is -2.44. The van der Waals surface area contributed by atoms with E-state index in [1.807, 2.05) is 12.1 Å². The van der Waals surface area contributed by atoms with Crippen LogP contribution in [-0.2, 0) is 4.74 Å². The van der Waals surface area contributed by atoms with Crippen LogP contribution in [-0.4, -0.2) is 80.1 Å². The molecule has 2 heterocycles. The fourth-order valence-corrected chi connectivity index (χ4v) is 3.44. The molecule has 0 unspecified atom stereocenters. The number of hydrogen-bond donors (Lipinski definition) is 1. The summed E-state index contributed by atoms with van der Waals surface area (Å²) in [6.45, 7) is 6.30. The Morgan fingerprint density at radius 1 is 1.17 bits per heavy atom. The van der Waals surface area contributed by atoms with Gasteiger partial charge in [-0.1, -0.05) is 24.3 Å². The SMILES string of the molecule is COc1ccc(/C=C/CN2CCCN([C@@H]3COC[C@H]3O)CC2)cc1. The summed E-state index contributed by atoms with van der Waals surface area (Å²) >= 11 is 0. The molecule has 0 saturated carbocycles. The molecular weight excluding hydrogens is 304 g/mol. The van der Waals surface area contributed by atoms with E-state index in [9.17, 15) is 5.11 Å². The summed E-state index contributed by atoms with van der Waals surface area (Å²) < 4.78 is 10.6. The number of benzene rings is 1. The van der Waals surface area contributed by atoms with Crippen LogP contribution < -0.4 is 4.74 Å². The van der Waals surface area contributed by atoms with E-state index in [0.717, 1.165) is 44.9 Å². The minimum atomic E-state index is -0.327. The molecule has 5 heteroatoms. The third kappa shape index (κ3) is 4.57. The largest absolute Gasteiger partial charge is 0.497 e. The standard InChI is InChI=1S/C19H28N2O3/c1-23-17-7-5-16(6-8-17)4-2-9-20-10-3-11-21(13-12-20)18-14-24-15-19(18)22/h2,4-8,18-19,22H,3,9-15H2,1H3/b4-2+/t18-,19-/m1/s1. The van der Waals surface area contributed by atoms with Gasteiger partial charge < -0.3 is 14.6 Å². The van der Waals surface area contributed by atoms with Gasteiger partial charge in [-0.05, 0) is 37.2 Å². The normalized spacial score (nSPS) is 26.8. The molecule has 2 aliphatic rings. The van der Waals surface area contributed by atoms with Crippen molar-refractivity contribution in [3.63, 3.8) is 0 Å². The molecular formula is C19H28N2O3. The number of hydrogen-bond acceptors (Lipinski definition) is 5. The molecule has 0 aliphatic carbocycles. The van der Waals surface area contributed by atoms with Crippen LogP contribution in [0.2, 0.25) is 0 Å². The predicted molar refractivity (Wildman–Crippen MR) is 95.3 cm³/mol. The van der Waals surface area contributed by atoms with Crippen molar-refractivity contribution in [1.29, 1.82) is 0 Å². The van der Waals surface area contributed by atoms with Gasteiger partial charge in [0, 0.05) is 19.6 Å². The molecule has 0 bridgehead atoms. The Morgan fingerprint density at radius 3 is 2.71 bits per heavy atom. The van der Waals surface area contributed by atoms with Crippen molar-refractivity contribution >= 4 is 6.08 Å². The van der Waals surface area contributed by atoms with Crippen molar-refractivity contribution in [2.24, 2.45) is 0 Å². The topological polar surface area (TPSA) is 45.2 Å². The molecule has 2 fully saturated rings. The molecule has 0 spiro atoms. The Kier molecular flexibility index (Phi) is 6.26. The Bertz CT molecular complexity index is 532. The van der Waals surface area contributed by atoms with E-state index in [2.05, 4.69) is 34.1 Å². The van der Waals surface area contributed by atoms with Crippen LogP contribution in [0.4, 0.5) is 0 Å². The van der Waals surface area contributed by atoms with Crippen LogP contribution in [0.1, 0.15) is 12.0 Å². The van der Waals surface area contributed by atoms with Gasteiger partial charge in [-0.2, -0.15) is 0 Å². The summed E-state index contributed by atoms with van der Waals surface area (Å²) in [5, 5.41) is 10.0. The van der Waals surface area contributed by atoms with E-state index in [-0.39, 0.29) is 12.1 Å². The van der Waals surface area contributed by atoms with Crippen molar-refractivity contribution in [3.8, 4) is 5.75 Å². The Balaban J connectivity index is 1.46. The van der Waals surface area contributed by atoms with E-state index >= 15 is 0 Å². The highest BCUT2D eigenvalue weighted by Crippen LogP contribution is 2.16. The molecule has 0 aromatic heterocycles. The minimum absolute atomic E-state index is 0.180. The van der Waals surface area contributed by atoms with Gasteiger partial charge in [0.15, 0.2) is 0 Å². The van der Waals surface area contributed by atoms with Crippen molar-refractivity contribution in [1.82, 2.24) is 9.80 Å². The van der Waals surface area contributed by atoms with Gasteiger partial charge in [-0.25, -0.2) is 0 Å². The van der Waals surface area contributed by atoms with Crippen LogP contribution in [0.5, 0.6) is 5.75 Å². The van der Waals surface area contributed by atoms with Gasteiger partial charge in [-0.3, -0.25) is 9.80 Å². The third-order valence-electron chi connectivity index (χ3n) is 4.90. The fraction of sp³-hybridized carbons (Fsp3) is 0.579. The molecule has 2 atom stereocenters. The predicted octanol–water partition coefficient (Wildman–Crippen LogP) is 1.48. The molecule has 0 radical (unpaired) electrons. The second-order valence-corrected chi connectivity index (χ2v) is 6.54. The maximum atomic E-state index is 10.0. The Hall–Kier alpha value is -1.40. The third-order valence-corrected chi connectivity index (χ3v) is 4.90. The second-order valence-electron chi connectivity index (χ2n) is 6.54. The minimum Gasteiger partial charge on any atom is -0.497 e. The summed E-state index contributed by atoms with van der Waals surface area (Å²) in [6, 6.07) is 8.29. The lowest BCUT2D eigenvalue weighted by atomic mass is 10.2. The first-order chi connectivity index (χ1) is 11.8. The molecule has 2 saturated heterocycles. The van der Waals surface area contributed by atoms with Gasteiger partial charge in [-0.15, -0.1) is 0 Å². The smallest absolute Gasteiger partial charge is 0.118 e. The van der Waals surface area contributed by atoms with Crippen LogP contribution in [0, 0.1) is 0 Å². The monoisotopic (exact) mass is 332 g/mol. The molecule has 2 aliphatic heterocycles. The van der Waals surface area contributed by atoms with Crippen molar-refractivity contribution in [2.75, 3.05) is 53.0 Å². The quantitative estimate of drug-likeness (QED) is 0.885. The van der Waals surface area contributed by atoms with Crippen LogP contribution in [0.3, 0.4) is 0 Å². The molecule has 24 heavy (non-hydrogen) atoms. The summed E-state index contributed by atoms with van der Waals surface area (Å²) in [6.07, 6.45) is 5.20. The van der Waals surface area contributed by atoms with Crippen molar-refractivity contribution in [2.45, 2.75) is 18.6 Å². The highest BCUT2D eigenvalue weighted by molar-refractivity contribution is 5.50. The first-order valence-corrected chi connectivity index (χ1v) is 8.79. The van der Waals surface area contributed by atoms with E-state index in [1.165, 1.54) is 5.56 Å². The van der Waals surface area contributed by atoms with Crippen molar-refractivity contribution < 1.29 is 14.6 Å². The number of nitrogens with zero attached hydrogens (tertiary/aromatic N) is 2. The van der Waals surface area contributed by atoms with E-state index in [1.54, 1.807) is 7.11 Å². The molecule has 5 nitrogen and oxygen atoms in total. The zero-order valence-electron chi connectivity index (χ0n) is 14.4. The highest BCUT2D eigenvalue weighted by Gasteiger charge is 2.32. The zero-order chi connectivity index (χ0) is 16.8.